The Labute approximate surface area is 111 Å². The molecule has 1 heterocycles. The molecule has 1 aromatic heterocycles. The Balaban J connectivity index is 2.35. The van der Waals surface area contributed by atoms with E-state index in [0.717, 1.165) is 0 Å². The Hall–Kier alpha value is -2.10. The average Bonchev–Trinajstić information content (AvgIpc) is 2.36. The Kier molecular flexibility index (Phi) is 3.42. The summed E-state index contributed by atoms with van der Waals surface area (Å²) in [6.07, 6.45) is 1.24. The smallest absolute Gasteiger partial charge is 0.189 e. The highest BCUT2D eigenvalue weighted by Crippen LogP contribution is 2.20. The standard InChI is InChI=1S/C15H16N2O2/c1-15(2,3)13(19)8-12(18)14-10-6-4-5-7-11(10)16-9-17-14/h4-7,9H,8H2,1-3H3. The van der Waals surface area contributed by atoms with E-state index in [1.54, 1.807) is 26.8 Å². The van der Waals surface area contributed by atoms with Crippen molar-refractivity contribution in [2.24, 2.45) is 5.41 Å². The van der Waals surface area contributed by atoms with Crippen LogP contribution in [-0.4, -0.2) is 21.5 Å². The molecule has 0 atom stereocenters. The van der Waals surface area contributed by atoms with Crippen molar-refractivity contribution in [3.8, 4) is 0 Å². The van der Waals surface area contributed by atoms with Crippen molar-refractivity contribution in [2.45, 2.75) is 27.2 Å². The van der Waals surface area contributed by atoms with Gasteiger partial charge in [-0.3, -0.25) is 9.59 Å². The molecule has 1 aromatic carbocycles. The fourth-order valence-corrected chi connectivity index (χ4v) is 1.72. The predicted octanol–water partition coefficient (Wildman–Crippen LogP) is 2.82. The number of nitrogens with zero attached hydrogens (tertiary/aromatic N) is 2. The maximum atomic E-state index is 12.2. The first-order valence-corrected chi connectivity index (χ1v) is 6.16. The lowest BCUT2D eigenvalue weighted by Crippen LogP contribution is -2.23. The highest BCUT2D eigenvalue weighted by molar-refractivity contribution is 6.13. The van der Waals surface area contributed by atoms with E-state index < -0.39 is 5.41 Å². The van der Waals surface area contributed by atoms with Gasteiger partial charge in [0.1, 0.15) is 17.8 Å². The molecule has 0 N–H and O–H groups in total. The van der Waals surface area contributed by atoms with Gasteiger partial charge in [0.05, 0.1) is 11.9 Å². The fraction of sp³-hybridized carbons (Fsp3) is 0.333. The molecule has 4 nitrogen and oxygen atoms in total. The molecule has 2 aromatic rings. The molecule has 19 heavy (non-hydrogen) atoms. The molecule has 0 aliphatic rings. The lowest BCUT2D eigenvalue weighted by atomic mass is 9.87. The van der Waals surface area contributed by atoms with Gasteiger partial charge in [-0.05, 0) is 6.07 Å². The summed E-state index contributed by atoms with van der Waals surface area (Å²) in [5.41, 5.74) is 0.519. The minimum atomic E-state index is -0.515. The molecule has 0 saturated heterocycles. The summed E-state index contributed by atoms with van der Waals surface area (Å²) in [4.78, 5) is 32.3. The zero-order valence-electron chi connectivity index (χ0n) is 11.3. The van der Waals surface area contributed by atoms with Crippen LogP contribution < -0.4 is 0 Å². The molecule has 0 unspecified atom stereocenters. The van der Waals surface area contributed by atoms with E-state index in [1.165, 1.54) is 6.33 Å². The first-order chi connectivity index (χ1) is 8.89. The lowest BCUT2D eigenvalue weighted by molar-refractivity contribution is -0.125. The zero-order valence-corrected chi connectivity index (χ0v) is 11.3. The molecule has 98 valence electrons. The quantitative estimate of drug-likeness (QED) is 0.626. The van der Waals surface area contributed by atoms with Crippen molar-refractivity contribution in [3.05, 3.63) is 36.3 Å². The SMILES string of the molecule is CC(C)(C)C(=O)CC(=O)c1ncnc2ccccc12. The van der Waals surface area contributed by atoms with Crippen molar-refractivity contribution < 1.29 is 9.59 Å². The molecule has 0 aliphatic carbocycles. The third-order valence-electron chi connectivity index (χ3n) is 2.96. The van der Waals surface area contributed by atoms with Gasteiger partial charge in [0, 0.05) is 10.8 Å². The van der Waals surface area contributed by atoms with Crippen LogP contribution in [0.5, 0.6) is 0 Å². The normalized spacial score (nSPS) is 11.5. The fourth-order valence-electron chi connectivity index (χ4n) is 1.72. The van der Waals surface area contributed by atoms with E-state index in [1.807, 2.05) is 18.2 Å². The van der Waals surface area contributed by atoms with Crippen LogP contribution >= 0.6 is 0 Å². The summed E-state index contributed by atoms with van der Waals surface area (Å²) in [6, 6.07) is 7.29. The van der Waals surface area contributed by atoms with Crippen LogP contribution in [0.2, 0.25) is 0 Å². The molecule has 0 aliphatic heterocycles. The van der Waals surface area contributed by atoms with Gasteiger partial charge in [-0.2, -0.15) is 0 Å². The second-order valence-electron chi connectivity index (χ2n) is 5.51. The first kappa shape index (κ1) is 13.3. The van der Waals surface area contributed by atoms with Gasteiger partial charge in [-0.25, -0.2) is 9.97 Å². The van der Waals surface area contributed by atoms with Crippen LogP contribution in [0.1, 0.15) is 37.7 Å². The van der Waals surface area contributed by atoms with Crippen LogP contribution in [0, 0.1) is 5.41 Å². The number of aromatic nitrogens is 2. The highest BCUT2D eigenvalue weighted by Gasteiger charge is 2.25. The summed E-state index contributed by atoms with van der Waals surface area (Å²) in [5.74, 6) is -0.335. The van der Waals surface area contributed by atoms with Crippen molar-refractivity contribution in [1.82, 2.24) is 9.97 Å². The van der Waals surface area contributed by atoms with Gasteiger partial charge in [0.25, 0.3) is 0 Å². The molecule has 0 bridgehead atoms. The maximum absolute atomic E-state index is 12.2. The summed E-state index contributed by atoms with van der Waals surface area (Å²) in [7, 11) is 0. The minimum absolute atomic E-state index is 0.0832. The Morgan fingerprint density at radius 2 is 1.79 bits per heavy atom. The Bertz CT molecular complexity index is 637. The number of benzene rings is 1. The molecular weight excluding hydrogens is 240 g/mol. The third kappa shape index (κ3) is 2.84. The van der Waals surface area contributed by atoms with Gasteiger partial charge >= 0.3 is 0 Å². The molecule has 0 saturated carbocycles. The maximum Gasteiger partial charge on any atom is 0.189 e. The van der Waals surface area contributed by atoms with Gasteiger partial charge < -0.3 is 0 Å². The Morgan fingerprint density at radius 3 is 2.47 bits per heavy atom. The summed E-state index contributed by atoms with van der Waals surface area (Å²) in [6.45, 7) is 5.42. The number of para-hydroxylation sites is 1. The number of ketones is 2. The van der Waals surface area contributed by atoms with E-state index in [9.17, 15) is 9.59 Å². The van der Waals surface area contributed by atoms with Crippen LogP contribution in [-0.2, 0) is 4.79 Å². The average molecular weight is 256 g/mol. The minimum Gasteiger partial charge on any atom is -0.299 e. The number of hydrogen-bond donors (Lipinski definition) is 0. The number of Topliss-reactive ketones (excluding diaryl/α,β-unsaturated/α-hetero) is 2. The highest BCUT2D eigenvalue weighted by atomic mass is 16.1. The summed E-state index contributed by atoms with van der Waals surface area (Å²) < 4.78 is 0. The number of carbonyl (C=O) groups excluding carboxylic acids is 2. The van der Waals surface area contributed by atoms with Gasteiger partial charge in [-0.1, -0.05) is 39.0 Å². The Morgan fingerprint density at radius 1 is 1.11 bits per heavy atom. The summed E-state index contributed by atoms with van der Waals surface area (Å²) in [5, 5.41) is 0.691. The van der Waals surface area contributed by atoms with Gasteiger partial charge in [0.15, 0.2) is 5.78 Å². The topological polar surface area (TPSA) is 59.9 Å². The van der Waals surface area contributed by atoms with Crippen LogP contribution in [0.25, 0.3) is 10.9 Å². The molecule has 2 rings (SSSR count). The monoisotopic (exact) mass is 256 g/mol. The number of rotatable bonds is 3. The largest absolute Gasteiger partial charge is 0.299 e. The van der Waals surface area contributed by atoms with Crippen LogP contribution in [0.15, 0.2) is 30.6 Å². The predicted molar refractivity (Wildman–Crippen MR) is 72.9 cm³/mol. The van der Waals surface area contributed by atoms with E-state index in [0.29, 0.717) is 16.6 Å². The summed E-state index contributed by atoms with van der Waals surface area (Å²) >= 11 is 0. The second-order valence-corrected chi connectivity index (χ2v) is 5.51. The first-order valence-electron chi connectivity index (χ1n) is 6.16. The van der Waals surface area contributed by atoms with Crippen molar-refractivity contribution in [3.63, 3.8) is 0 Å². The zero-order chi connectivity index (χ0) is 14.0. The molecule has 0 radical (unpaired) electrons. The number of hydrogen-bond acceptors (Lipinski definition) is 4. The molecule has 0 amide bonds. The molecule has 0 spiro atoms. The molecular formula is C15H16N2O2. The number of fused-ring (bicyclic) bond motifs is 1. The van der Waals surface area contributed by atoms with Gasteiger partial charge in [0.2, 0.25) is 0 Å². The van der Waals surface area contributed by atoms with Crippen LogP contribution in [0.3, 0.4) is 0 Å². The second kappa shape index (κ2) is 4.88. The van der Waals surface area contributed by atoms with Crippen molar-refractivity contribution in [2.75, 3.05) is 0 Å². The van der Waals surface area contributed by atoms with E-state index >= 15 is 0 Å². The van der Waals surface area contributed by atoms with Crippen molar-refractivity contribution >= 4 is 22.5 Å². The lowest BCUT2D eigenvalue weighted by Gasteiger charge is -2.15. The molecule has 0 fully saturated rings. The van der Waals surface area contributed by atoms with E-state index in [4.69, 9.17) is 0 Å². The molecule has 4 heteroatoms. The van der Waals surface area contributed by atoms with E-state index in [2.05, 4.69) is 9.97 Å². The van der Waals surface area contributed by atoms with E-state index in [-0.39, 0.29) is 18.0 Å². The van der Waals surface area contributed by atoms with Gasteiger partial charge in [-0.15, -0.1) is 0 Å². The van der Waals surface area contributed by atoms with Crippen LogP contribution in [0.4, 0.5) is 0 Å². The third-order valence-corrected chi connectivity index (χ3v) is 2.96. The number of carbonyl (C=O) groups is 2. The van der Waals surface area contributed by atoms with Crippen molar-refractivity contribution in [1.29, 1.82) is 0 Å².